The number of benzene rings is 2. The first-order chi connectivity index (χ1) is 8.95. The van der Waals surface area contributed by atoms with E-state index in [0.717, 1.165) is 12.1 Å². The molecule has 100 valence electrons. The van der Waals surface area contributed by atoms with E-state index in [1.165, 1.54) is 12.1 Å². The predicted octanol–water partition coefficient (Wildman–Crippen LogP) is 3.62. The minimum absolute atomic E-state index is 0.0258. The van der Waals surface area contributed by atoms with Gasteiger partial charge in [0.05, 0.1) is 16.6 Å². The van der Waals surface area contributed by atoms with Crippen LogP contribution in [0.15, 0.2) is 45.8 Å². The molecule has 2 aromatic rings. The van der Waals surface area contributed by atoms with Gasteiger partial charge in [-0.2, -0.15) is 0 Å². The van der Waals surface area contributed by atoms with Crippen molar-refractivity contribution in [1.29, 1.82) is 0 Å². The molecule has 1 unspecified atom stereocenters. The zero-order valence-corrected chi connectivity index (χ0v) is 12.1. The molecule has 0 heterocycles. The standard InChI is InChI=1S/C13H10BrF2NOS/c14-9-2-1-8(13(16)3-9)7-19(18)12-5-10(15)4-11(17)6-12/h1-6H,7,17H2. The number of hydrogen-bond acceptors (Lipinski definition) is 2. The molecule has 1 atom stereocenters. The molecule has 0 aliphatic rings. The summed E-state index contributed by atoms with van der Waals surface area (Å²) in [6.45, 7) is 0. The third-order valence-corrected chi connectivity index (χ3v) is 4.29. The highest BCUT2D eigenvalue weighted by atomic mass is 79.9. The molecule has 2 N–H and O–H groups in total. The SMILES string of the molecule is Nc1cc(F)cc(S(=O)Cc2ccc(Br)cc2F)c1. The van der Waals surface area contributed by atoms with E-state index in [1.807, 2.05) is 0 Å². The van der Waals surface area contributed by atoms with Crippen LogP contribution in [0.3, 0.4) is 0 Å². The van der Waals surface area contributed by atoms with Crippen LogP contribution >= 0.6 is 15.9 Å². The van der Waals surface area contributed by atoms with Gasteiger partial charge in [0.1, 0.15) is 11.6 Å². The first-order valence-electron chi connectivity index (χ1n) is 5.34. The number of anilines is 1. The summed E-state index contributed by atoms with van der Waals surface area (Å²) < 4.78 is 39.5. The highest BCUT2D eigenvalue weighted by Crippen LogP contribution is 2.20. The maximum absolute atomic E-state index is 13.6. The monoisotopic (exact) mass is 345 g/mol. The second-order valence-corrected chi connectivity index (χ2v) is 6.31. The van der Waals surface area contributed by atoms with Gasteiger partial charge in [-0.3, -0.25) is 4.21 Å². The Labute approximate surface area is 120 Å². The third kappa shape index (κ3) is 3.61. The molecule has 2 nitrogen and oxygen atoms in total. The molecule has 0 saturated heterocycles. The third-order valence-electron chi connectivity index (χ3n) is 2.46. The highest BCUT2D eigenvalue weighted by Gasteiger charge is 2.11. The zero-order chi connectivity index (χ0) is 14.0. The average molecular weight is 346 g/mol. The molecule has 0 aliphatic carbocycles. The van der Waals surface area contributed by atoms with Crippen LogP contribution in [0.1, 0.15) is 5.56 Å². The lowest BCUT2D eigenvalue weighted by Crippen LogP contribution is -2.01. The summed E-state index contributed by atoms with van der Waals surface area (Å²) in [7, 11) is -1.55. The predicted molar refractivity (Wildman–Crippen MR) is 75.0 cm³/mol. The van der Waals surface area contributed by atoms with Gasteiger partial charge in [-0.1, -0.05) is 22.0 Å². The van der Waals surface area contributed by atoms with Crippen molar-refractivity contribution in [1.82, 2.24) is 0 Å². The van der Waals surface area contributed by atoms with Gasteiger partial charge >= 0.3 is 0 Å². The molecule has 2 aromatic carbocycles. The van der Waals surface area contributed by atoms with E-state index in [4.69, 9.17) is 5.73 Å². The van der Waals surface area contributed by atoms with Gasteiger partial charge < -0.3 is 5.73 Å². The smallest absolute Gasteiger partial charge is 0.128 e. The Hall–Kier alpha value is -1.27. The van der Waals surface area contributed by atoms with Crippen molar-refractivity contribution in [3.8, 4) is 0 Å². The van der Waals surface area contributed by atoms with E-state index in [1.54, 1.807) is 12.1 Å². The van der Waals surface area contributed by atoms with Crippen LogP contribution < -0.4 is 5.73 Å². The van der Waals surface area contributed by atoms with Crippen molar-refractivity contribution in [2.75, 3.05) is 5.73 Å². The van der Waals surface area contributed by atoms with Gasteiger partial charge in [-0.25, -0.2) is 8.78 Å². The van der Waals surface area contributed by atoms with E-state index in [9.17, 15) is 13.0 Å². The van der Waals surface area contributed by atoms with Crippen LogP contribution in [0.4, 0.5) is 14.5 Å². The van der Waals surface area contributed by atoms with E-state index in [-0.39, 0.29) is 16.3 Å². The molecule has 0 amide bonds. The van der Waals surface area contributed by atoms with E-state index in [2.05, 4.69) is 15.9 Å². The molecule has 6 heteroatoms. The highest BCUT2D eigenvalue weighted by molar-refractivity contribution is 9.10. The molecular formula is C13H10BrF2NOS. The summed E-state index contributed by atoms with van der Waals surface area (Å²) in [6.07, 6.45) is 0. The van der Waals surface area contributed by atoms with E-state index >= 15 is 0 Å². The molecule has 0 aliphatic heterocycles. The molecule has 19 heavy (non-hydrogen) atoms. The Balaban J connectivity index is 2.25. The van der Waals surface area contributed by atoms with Gasteiger partial charge in [0.15, 0.2) is 0 Å². The second kappa shape index (κ2) is 5.79. The first-order valence-corrected chi connectivity index (χ1v) is 7.45. The Morgan fingerprint density at radius 2 is 1.89 bits per heavy atom. The van der Waals surface area contributed by atoms with Gasteiger partial charge in [0.25, 0.3) is 0 Å². The summed E-state index contributed by atoms with van der Waals surface area (Å²) in [5, 5.41) is 0. The fraction of sp³-hybridized carbons (Fsp3) is 0.0769. The summed E-state index contributed by atoms with van der Waals surface area (Å²) in [5.74, 6) is -1.03. The maximum atomic E-state index is 13.6. The molecule has 0 bridgehead atoms. The van der Waals surface area contributed by atoms with Gasteiger partial charge in [0.2, 0.25) is 0 Å². The number of nitrogens with two attached hydrogens (primary N) is 1. The number of hydrogen-bond donors (Lipinski definition) is 1. The normalized spacial score (nSPS) is 12.4. The lowest BCUT2D eigenvalue weighted by molar-refractivity contribution is 0.613. The first kappa shape index (κ1) is 14.1. The van der Waals surface area contributed by atoms with Gasteiger partial charge in [-0.05, 0) is 30.3 Å². The topological polar surface area (TPSA) is 43.1 Å². The summed E-state index contributed by atoms with van der Waals surface area (Å²) >= 11 is 3.14. The Morgan fingerprint density at radius 3 is 2.53 bits per heavy atom. The number of rotatable bonds is 3. The summed E-state index contributed by atoms with van der Waals surface area (Å²) in [4.78, 5) is 0.250. The number of nitrogen functional groups attached to an aromatic ring is 1. The Kier molecular flexibility index (Phi) is 4.31. The molecule has 0 saturated carbocycles. The van der Waals surface area contributed by atoms with E-state index in [0.29, 0.717) is 10.0 Å². The second-order valence-electron chi connectivity index (χ2n) is 3.95. The fourth-order valence-corrected chi connectivity index (χ4v) is 3.11. The molecule has 0 spiro atoms. The Bertz CT molecular complexity index is 628. The molecular weight excluding hydrogens is 336 g/mol. The molecule has 0 aromatic heterocycles. The fourth-order valence-electron chi connectivity index (χ4n) is 1.58. The lowest BCUT2D eigenvalue weighted by Gasteiger charge is -2.06. The molecule has 2 rings (SSSR count). The van der Waals surface area contributed by atoms with Crippen molar-refractivity contribution in [3.63, 3.8) is 0 Å². The van der Waals surface area contributed by atoms with Gasteiger partial charge in [-0.15, -0.1) is 0 Å². The van der Waals surface area contributed by atoms with Crippen molar-refractivity contribution in [3.05, 3.63) is 58.1 Å². The van der Waals surface area contributed by atoms with Crippen molar-refractivity contribution < 1.29 is 13.0 Å². The van der Waals surface area contributed by atoms with Crippen molar-refractivity contribution >= 4 is 32.4 Å². The van der Waals surface area contributed by atoms with Crippen LogP contribution in [0.25, 0.3) is 0 Å². The quantitative estimate of drug-likeness (QED) is 0.863. The molecule has 0 radical (unpaired) electrons. The van der Waals surface area contributed by atoms with E-state index < -0.39 is 22.4 Å². The van der Waals surface area contributed by atoms with Crippen LogP contribution in [-0.2, 0) is 16.6 Å². The Morgan fingerprint density at radius 1 is 1.16 bits per heavy atom. The van der Waals surface area contributed by atoms with Crippen LogP contribution in [0.5, 0.6) is 0 Å². The van der Waals surface area contributed by atoms with Crippen LogP contribution in [0, 0.1) is 11.6 Å². The lowest BCUT2D eigenvalue weighted by atomic mass is 10.2. The maximum Gasteiger partial charge on any atom is 0.128 e. The van der Waals surface area contributed by atoms with Crippen LogP contribution in [0.2, 0.25) is 0 Å². The minimum Gasteiger partial charge on any atom is -0.399 e. The molecule has 0 fully saturated rings. The largest absolute Gasteiger partial charge is 0.399 e. The minimum atomic E-state index is -1.55. The summed E-state index contributed by atoms with van der Waals surface area (Å²) in [6, 6.07) is 8.21. The zero-order valence-electron chi connectivity index (χ0n) is 9.70. The van der Waals surface area contributed by atoms with Crippen molar-refractivity contribution in [2.45, 2.75) is 10.6 Å². The van der Waals surface area contributed by atoms with Crippen LogP contribution in [-0.4, -0.2) is 4.21 Å². The van der Waals surface area contributed by atoms with Crippen molar-refractivity contribution in [2.24, 2.45) is 0 Å². The average Bonchev–Trinajstić information content (AvgIpc) is 2.31. The van der Waals surface area contributed by atoms with Gasteiger partial charge in [0, 0.05) is 20.6 Å². The summed E-state index contributed by atoms with van der Waals surface area (Å²) in [5.41, 5.74) is 5.99. The number of halogens is 3.